The number of rotatable bonds is 6. The summed E-state index contributed by atoms with van der Waals surface area (Å²) >= 11 is 0. The maximum absolute atomic E-state index is 6.04. The van der Waals surface area contributed by atoms with Crippen LogP contribution in [0.5, 0.6) is 0 Å². The van der Waals surface area contributed by atoms with Gasteiger partial charge in [0.2, 0.25) is 0 Å². The molecule has 0 bridgehead atoms. The molecule has 0 aliphatic carbocycles. The van der Waals surface area contributed by atoms with Crippen LogP contribution in [0.25, 0.3) is 0 Å². The van der Waals surface area contributed by atoms with E-state index in [0.29, 0.717) is 6.04 Å². The Morgan fingerprint density at radius 2 is 2.07 bits per heavy atom. The minimum atomic E-state index is 0.186. The van der Waals surface area contributed by atoms with Gasteiger partial charge >= 0.3 is 0 Å². The molecule has 144 valence electrons. The molecule has 27 heavy (non-hydrogen) atoms. The predicted molar refractivity (Wildman–Crippen MR) is 108 cm³/mol. The Balaban J connectivity index is 1.31. The third-order valence-corrected chi connectivity index (χ3v) is 5.76. The summed E-state index contributed by atoms with van der Waals surface area (Å²) in [5.74, 6) is 1.13. The first-order valence-corrected chi connectivity index (χ1v) is 10.3. The molecule has 2 aromatic rings. The van der Waals surface area contributed by atoms with Crippen LogP contribution in [0.3, 0.4) is 0 Å². The topological polar surface area (TPSA) is 50.3 Å². The van der Waals surface area contributed by atoms with E-state index in [-0.39, 0.29) is 6.10 Å². The summed E-state index contributed by atoms with van der Waals surface area (Å²) in [5.41, 5.74) is 4.08. The summed E-state index contributed by atoms with van der Waals surface area (Å²) in [6.07, 6.45) is 9.34. The fraction of sp³-hybridized carbons (Fsp3) is 0.545. The normalized spacial score (nSPS) is 20.5. The van der Waals surface area contributed by atoms with Crippen LogP contribution < -0.4 is 10.2 Å². The van der Waals surface area contributed by atoms with Crippen molar-refractivity contribution in [1.29, 1.82) is 0 Å². The third-order valence-electron chi connectivity index (χ3n) is 5.76. The zero-order valence-corrected chi connectivity index (χ0v) is 16.2. The molecule has 4 rings (SSSR count). The van der Waals surface area contributed by atoms with E-state index in [1.54, 1.807) is 6.33 Å². The lowest BCUT2D eigenvalue weighted by Crippen LogP contribution is -2.44. The molecule has 0 saturated carbocycles. The highest BCUT2D eigenvalue weighted by molar-refractivity contribution is 5.46. The molecular formula is C22H30N4O. The highest BCUT2D eigenvalue weighted by Gasteiger charge is 2.24. The van der Waals surface area contributed by atoms with E-state index in [1.807, 2.05) is 6.20 Å². The third kappa shape index (κ3) is 4.30. The molecule has 0 unspecified atom stereocenters. The van der Waals surface area contributed by atoms with E-state index in [2.05, 4.69) is 51.4 Å². The van der Waals surface area contributed by atoms with Gasteiger partial charge in [-0.25, -0.2) is 9.97 Å². The first-order chi connectivity index (χ1) is 13.3. The Hall–Kier alpha value is -1.98. The van der Waals surface area contributed by atoms with E-state index in [1.165, 1.54) is 16.7 Å². The van der Waals surface area contributed by atoms with E-state index < -0.39 is 0 Å². The molecule has 3 heterocycles. The van der Waals surface area contributed by atoms with Gasteiger partial charge < -0.3 is 15.0 Å². The average Bonchev–Trinajstić information content (AvgIpc) is 2.73. The Morgan fingerprint density at radius 3 is 2.93 bits per heavy atom. The molecule has 1 fully saturated rings. The van der Waals surface area contributed by atoms with Crippen molar-refractivity contribution in [2.75, 3.05) is 31.1 Å². The van der Waals surface area contributed by atoms with Gasteiger partial charge in [-0.3, -0.25) is 0 Å². The first-order valence-electron chi connectivity index (χ1n) is 10.3. The molecule has 0 amide bonds. The van der Waals surface area contributed by atoms with E-state index >= 15 is 0 Å². The Bertz CT molecular complexity index is 743. The van der Waals surface area contributed by atoms with Crippen molar-refractivity contribution >= 4 is 5.82 Å². The summed E-state index contributed by atoms with van der Waals surface area (Å²) in [6, 6.07) is 9.25. The molecule has 1 saturated heterocycles. The van der Waals surface area contributed by atoms with Gasteiger partial charge in [-0.15, -0.1) is 0 Å². The smallest absolute Gasteiger partial charge is 0.135 e. The summed E-state index contributed by atoms with van der Waals surface area (Å²) in [7, 11) is 0. The second-order valence-electron chi connectivity index (χ2n) is 7.60. The lowest BCUT2D eigenvalue weighted by molar-refractivity contribution is 0.0400. The molecule has 1 aromatic heterocycles. The van der Waals surface area contributed by atoms with E-state index in [0.717, 1.165) is 64.2 Å². The maximum atomic E-state index is 6.04. The van der Waals surface area contributed by atoms with Gasteiger partial charge in [0.25, 0.3) is 0 Å². The molecule has 2 aliphatic rings. The molecule has 1 atom stereocenters. The molecule has 5 nitrogen and oxygen atoms in total. The van der Waals surface area contributed by atoms with Gasteiger partial charge in [0, 0.05) is 37.4 Å². The van der Waals surface area contributed by atoms with Crippen LogP contribution in [-0.4, -0.2) is 42.3 Å². The summed E-state index contributed by atoms with van der Waals surface area (Å²) in [5, 5.41) is 3.76. The second kappa shape index (κ2) is 8.81. The standard InChI is InChI=1S/C22H30N4O/c1-2-5-18-14-23-16-25-22(18)26-11-8-19(9-12-26)24-15-21-20-7-4-3-6-17(20)10-13-27-21/h3-4,6-7,14,16,19,21,24H,2,5,8-13,15H2,1H3/t21-/m0/s1. The van der Waals surface area contributed by atoms with Crippen molar-refractivity contribution in [2.45, 2.75) is 51.2 Å². The number of nitrogens with one attached hydrogen (secondary N) is 1. The van der Waals surface area contributed by atoms with Crippen molar-refractivity contribution < 1.29 is 4.74 Å². The average molecular weight is 367 g/mol. The zero-order valence-electron chi connectivity index (χ0n) is 16.2. The Labute approximate surface area is 162 Å². The molecule has 0 radical (unpaired) electrons. The molecule has 1 aromatic carbocycles. The van der Waals surface area contributed by atoms with Gasteiger partial charge in [0.15, 0.2) is 0 Å². The van der Waals surface area contributed by atoms with Crippen LogP contribution in [0.4, 0.5) is 5.82 Å². The van der Waals surface area contributed by atoms with Crippen molar-refractivity contribution in [1.82, 2.24) is 15.3 Å². The minimum absolute atomic E-state index is 0.186. The summed E-state index contributed by atoms with van der Waals surface area (Å²) in [4.78, 5) is 11.2. The second-order valence-corrected chi connectivity index (χ2v) is 7.60. The molecule has 0 spiro atoms. The van der Waals surface area contributed by atoms with Gasteiger partial charge in [-0.1, -0.05) is 37.6 Å². The number of aromatic nitrogens is 2. The van der Waals surface area contributed by atoms with Crippen LogP contribution in [0.1, 0.15) is 49.0 Å². The van der Waals surface area contributed by atoms with E-state index in [4.69, 9.17) is 4.74 Å². The molecule has 2 aliphatic heterocycles. The highest BCUT2D eigenvalue weighted by Crippen LogP contribution is 2.27. The predicted octanol–water partition coefficient (Wildman–Crippen LogP) is 3.30. The number of nitrogens with zero attached hydrogens (tertiary/aromatic N) is 3. The summed E-state index contributed by atoms with van der Waals surface area (Å²) in [6.45, 7) is 6.03. The van der Waals surface area contributed by atoms with Crippen molar-refractivity contribution in [3.8, 4) is 0 Å². The number of ether oxygens (including phenoxy) is 1. The van der Waals surface area contributed by atoms with Crippen LogP contribution in [0.2, 0.25) is 0 Å². The Kier molecular flexibility index (Phi) is 6.00. The SMILES string of the molecule is CCCc1cncnc1N1CCC(NC[C@@H]2OCCc3ccccc32)CC1. The zero-order chi connectivity index (χ0) is 18.5. The maximum Gasteiger partial charge on any atom is 0.135 e. The summed E-state index contributed by atoms with van der Waals surface area (Å²) < 4.78 is 6.04. The van der Waals surface area contributed by atoms with Crippen molar-refractivity contribution in [3.63, 3.8) is 0 Å². The number of benzene rings is 1. The number of hydrogen-bond donors (Lipinski definition) is 1. The van der Waals surface area contributed by atoms with E-state index in [9.17, 15) is 0 Å². The van der Waals surface area contributed by atoms with Crippen LogP contribution in [-0.2, 0) is 17.6 Å². The largest absolute Gasteiger partial charge is 0.372 e. The van der Waals surface area contributed by atoms with Crippen LogP contribution in [0.15, 0.2) is 36.8 Å². The van der Waals surface area contributed by atoms with Gasteiger partial charge in [-0.05, 0) is 36.8 Å². The van der Waals surface area contributed by atoms with Gasteiger partial charge in [0.1, 0.15) is 12.1 Å². The molecule has 5 heteroatoms. The lowest BCUT2D eigenvalue weighted by Gasteiger charge is -2.35. The van der Waals surface area contributed by atoms with Gasteiger partial charge in [0.05, 0.1) is 12.7 Å². The number of aryl methyl sites for hydroxylation is 1. The van der Waals surface area contributed by atoms with Gasteiger partial charge in [-0.2, -0.15) is 0 Å². The first kappa shape index (κ1) is 18.4. The van der Waals surface area contributed by atoms with Crippen molar-refractivity contribution in [2.24, 2.45) is 0 Å². The van der Waals surface area contributed by atoms with Crippen molar-refractivity contribution in [3.05, 3.63) is 53.5 Å². The fourth-order valence-electron chi connectivity index (χ4n) is 4.30. The molecular weight excluding hydrogens is 336 g/mol. The van der Waals surface area contributed by atoms with Crippen LogP contribution in [0, 0.1) is 0 Å². The highest BCUT2D eigenvalue weighted by atomic mass is 16.5. The minimum Gasteiger partial charge on any atom is -0.372 e. The number of piperidine rings is 1. The van der Waals surface area contributed by atoms with Crippen LogP contribution >= 0.6 is 0 Å². The number of fused-ring (bicyclic) bond motifs is 1. The fourth-order valence-corrected chi connectivity index (χ4v) is 4.30. The quantitative estimate of drug-likeness (QED) is 0.850. The lowest BCUT2D eigenvalue weighted by atomic mass is 9.97. The number of anilines is 1. The monoisotopic (exact) mass is 366 g/mol. The number of hydrogen-bond acceptors (Lipinski definition) is 5. The molecule has 1 N–H and O–H groups in total. The Morgan fingerprint density at radius 1 is 1.22 bits per heavy atom.